The van der Waals surface area contributed by atoms with Gasteiger partial charge in [0.1, 0.15) is 12.2 Å². The summed E-state index contributed by atoms with van der Waals surface area (Å²) in [5, 5.41) is 4.04. The summed E-state index contributed by atoms with van der Waals surface area (Å²) in [5.41, 5.74) is -0.789. The molecule has 2 aromatic heterocycles. The van der Waals surface area contributed by atoms with Crippen molar-refractivity contribution in [2.24, 2.45) is 0 Å². The average molecular weight is 235 g/mol. The van der Waals surface area contributed by atoms with Crippen LogP contribution in [0.3, 0.4) is 0 Å². The van der Waals surface area contributed by atoms with E-state index in [2.05, 4.69) is 15.1 Å². The normalized spacial score (nSPS) is 10.6. The van der Waals surface area contributed by atoms with Crippen LogP contribution >= 0.6 is 0 Å². The van der Waals surface area contributed by atoms with Crippen LogP contribution in [0.15, 0.2) is 28.2 Å². The van der Waals surface area contributed by atoms with Crippen LogP contribution in [-0.4, -0.2) is 24.3 Å². The second-order valence-corrected chi connectivity index (χ2v) is 3.61. The van der Waals surface area contributed by atoms with E-state index in [1.165, 1.54) is 18.6 Å². The minimum atomic E-state index is -0.441. The standard InChI is InChI=1S/C10H13N5O2/c1-2-5-15-8(12-7-13-15)6-14-9(16)3-4-11-10(14)17/h3-4,7H,2,5-6H2,1H3,(H,11,17). The molecule has 17 heavy (non-hydrogen) atoms. The predicted octanol–water partition coefficient (Wildman–Crippen LogP) is -0.414. The summed E-state index contributed by atoms with van der Waals surface area (Å²) >= 11 is 0. The van der Waals surface area contributed by atoms with Gasteiger partial charge < -0.3 is 4.98 Å². The smallest absolute Gasteiger partial charge is 0.314 e. The van der Waals surface area contributed by atoms with Gasteiger partial charge in [-0.25, -0.2) is 14.5 Å². The van der Waals surface area contributed by atoms with E-state index in [1.54, 1.807) is 4.68 Å². The third-order valence-corrected chi connectivity index (χ3v) is 2.37. The van der Waals surface area contributed by atoms with Crippen molar-refractivity contribution in [3.05, 3.63) is 45.3 Å². The Bertz CT molecular complexity index is 581. The first kappa shape index (κ1) is 11.3. The number of aryl methyl sites for hydroxylation is 1. The Morgan fingerprint density at radius 3 is 2.94 bits per heavy atom. The van der Waals surface area contributed by atoms with Gasteiger partial charge >= 0.3 is 5.69 Å². The molecule has 7 heteroatoms. The summed E-state index contributed by atoms with van der Waals surface area (Å²) in [6, 6.07) is 1.31. The number of aromatic amines is 1. The van der Waals surface area contributed by atoms with E-state index in [4.69, 9.17) is 0 Å². The number of aromatic nitrogens is 5. The topological polar surface area (TPSA) is 85.6 Å². The van der Waals surface area contributed by atoms with Crippen molar-refractivity contribution in [1.82, 2.24) is 24.3 Å². The van der Waals surface area contributed by atoms with Crippen molar-refractivity contribution in [3.63, 3.8) is 0 Å². The molecule has 2 aromatic rings. The molecule has 2 heterocycles. The summed E-state index contributed by atoms with van der Waals surface area (Å²) in [4.78, 5) is 29.5. The lowest BCUT2D eigenvalue weighted by molar-refractivity contribution is 0.543. The molecular formula is C10H13N5O2. The molecule has 0 unspecified atom stereocenters. The van der Waals surface area contributed by atoms with Crippen molar-refractivity contribution in [3.8, 4) is 0 Å². The summed E-state index contributed by atoms with van der Waals surface area (Å²) in [6.07, 6.45) is 3.67. The fourth-order valence-corrected chi connectivity index (χ4v) is 1.55. The van der Waals surface area contributed by atoms with Crippen molar-refractivity contribution in [2.45, 2.75) is 26.4 Å². The molecule has 0 aliphatic heterocycles. The molecule has 0 amide bonds. The molecule has 0 aromatic carbocycles. The quantitative estimate of drug-likeness (QED) is 0.780. The van der Waals surface area contributed by atoms with E-state index >= 15 is 0 Å². The first-order chi connectivity index (χ1) is 8.22. The van der Waals surface area contributed by atoms with Crippen molar-refractivity contribution >= 4 is 0 Å². The minimum Gasteiger partial charge on any atom is -0.314 e. The molecule has 0 aliphatic rings. The monoisotopic (exact) mass is 235 g/mol. The molecule has 0 fully saturated rings. The zero-order valence-corrected chi connectivity index (χ0v) is 9.46. The van der Waals surface area contributed by atoms with Gasteiger partial charge in [-0.2, -0.15) is 5.10 Å². The first-order valence-corrected chi connectivity index (χ1v) is 5.37. The van der Waals surface area contributed by atoms with Crippen LogP contribution in [-0.2, 0) is 13.1 Å². The first-order valence-electron chi connectivity index (χ1n) is 5.37. The number of hydrogen-bond donors (Lipinski definition) is 1. The number of H-pyrrole nitrogens is 1. The molecular weight excluding hydrogens is 222 g/mol. The largest absolute Gasteiger partial charge is 0.328 e. The molecule has 90 valence electrons. The third kappa shape index (κ3) is 2.32. The number of hydrogen-bond acceptors (Lipinski definition) is 4. The van der Waals surface area contributed by atoms with E-state index in [0.717, 1.165) is 17.5 Å². The Morgan fingerprint density at radius 2 is 2.24 bits per heavy atom. The predicted molar refractivity (Wildman–Crippen MR) is 60.7 cm³/mol. The van der Waals surface area contributed by atoms with Crippen LogP contribution in [0.2, 0.25) is 0 Å². The van der Waals surface area contributed by atoms with E-state index < -0.39 is 5.69 Å². The lowest BCUT2D eigenvalue weighted by Crippen LogP contribution is -2.35. The molecule has 0 saturated carbocycles. The van der Waals surface area contributed by atoms with Crippen LogP contribution in [0.5, 0.6) is 0 Å². The molecule has 0 atom stereocenters. The maximum absolute atomic E-state index is 11.5. The second-order valence-electron chi connectivity index (χ2n) is 3.61. The fourth-order valence-electron chi connectivity index (χ4n) is 1.55. The Kier molecular flexibility index (Phi) is 3.17. The van der Waals surface area contributed by atoms with Crippen LogP contribution in [0.4, 0.5) is 0 Å². The lowest BCUT2D eigenvalue weighted by atomic mass is 10.4. The lowest BCUT2D eigenvalue weighted by Gasteiger charge is -2.05. The van der Waals surface area contributed by atoms with Crippen LogP contribution < -0.4 is 11.2 Å². The van der Waals surface area contributed by atoms with Gasteiger partial charge in [0.25, 0.3) is 5.56 Å². The third-order valence-electron chi connectivity index (χ3n) is 2.37. The number of nitrogens with zero attached hydrogens (tertiary/aromatic N) is 4. The SMILES string of the molecule is CCCn1ncnc1Cn1c(=O)cc[nH]c1=O. The molecule has 7 nitrogen and oxygen atoms in total. The molecule has 0 radical (unpaired) electrons. The van der Waals surface area contributed by atoms with Gasteiger partial charge in [0.05, 0.1) is 6.54 Å². The van der Waals surface area contributed by atoms with E-state index in [-0.39, 0.29) is 12.1 Å². The fraction of sp³-hybridized carbons (Fsp3) is 0.400. The Balaban J connectivity index is 2.35. The van der Waals surface area contributed by atoms with Crippen LogP contribution in [0, 0.1) is 0 Å². The van der Waals surface area contributed by atoms with Crippen molar-refractivity contribution in [2.75, 3.05) is 0 Å². The van der Waals surface area contributed by atoms with Gasteiger partial charge in [-0.05, 0) is 6.42 Å². The van der Waals surface area contributed by atoms with Gasteiger partial charge in [0.15, 0.2) is 0 Å². The maximum atomic E-state index is 11.5. The van der Waals surface area contributed by atoms with Gasteiger partial charge in [-0.1, -0.05) is 6.92 Å². The van der Waals surface area contributed by atoms with Crippen molar-refractivity contribution in [1.29, 1.82) is 0 Å². The Labute approximate surface area is 96.7 Å². The van der Waals surface area contributed by atoms with E-state index in [0.29, 0.717) is 5.82 Å². The highest BCUT2D eigenvalue weighted by Crippen LogP contribution is 1.96. The summed E-state index contributed by atoms with van der Waals surface area (Å²) in [6.45, 7) is 2.87. The molecule has 0 aliphatic carbocycles. The Morgan fingerprint density at radius 1 is 1.41 bits per heavy atom. The van der Waals surface area contributed by atoms with Crippen LogP contribution in [0.1, 0.15) is 19.2 Å². The number of nitrogens with one attached hydrogen (secondary N) is 1. The highest BCUT2D eigenvalue weighted by atomic mass is 16.2. The van der Waals surface area contributed by atoms with Gasteiger partial charge in [0.2, 0.25) is 0 Å². The molecule has 0 bridgehead atoms. The number of rotatable bonds is 4. The zero-order valence-electron chi connectivity index (χ0n) is 9.46. The Hall–Kier alpha value is -2.18. The highest BCUT2D eigenvalue weighted by molar-refractivity contribution is 4.90. The highest BCUT2D eigenvalue weighted by Gasteiger charge is 2.07. The van der Waals surface area contributed by atoms with Gasteiger partial charge in [-0.15, -0.1) is 0 Å². The summed E-state index contributed by atoms with van der Waals surface area (Å²) in [7, 11) is 0. The average Bonchev–Trinajstić information content (AvgIpc) is 2.72. The van der Waals surface area contributed by atoms with Gasteiger partial charge in [-0.3, -0.25) is 9.36 Å². The van der Waals surface area contributed by atoms with E-state index in [1.807, 2.05) is 6.92 Å². The summed E-state index contributed by atoms with van der Waals surface area (Å²) in [5.74, 6) is 0.602. The minimum absolute atomic E-state index is 0.134. The summed E-state index contributed by atoms with van der Waals surface area (Å²) < 4.78 is 2.79. The molecule has 1 N–H and O–H groups in total. The zero-order chi connectivity index (χ0) is 12.3. The molecule has 2 rings (SSSR count). The maximum Gasteiger partial charge on any atom is 0.328 e. The molecule has 0 spiro atoms. The molecule has 0 saturated heterocycles. The second kappa shape index (κ2) is 4.77. The van der Waals surface area contributed by atoms with Crippen LogP contribution in [0.25, 0.3) is 0 Å². The van der Waals surface area contributed by atoms with Gasteiger partial charge in [0, 0.05) is 18.8 Å². The van der Waals surface area contributed by atoms with Crippen molar-refractivity contribution < 1.29 is 0 Å². The van der Waals surface area contributed by atoms with E-state index in [9.17, 15) is 9.59 Å².